The Balaban J connectivity index is 2.26. The summed E-state index contributed by atoms with van der Waals surface area (Å²) in [6.45, 7) is 4.78. The first-order valence-corrected chi connectivity index (χ1v) is 5.26. The predicted molar refractivity (Wildman–Crippen MR) is 56.8 cm³/mol. The molecule has 1 aromatic carbocycles. The molecular formula is C13H18. The second-order valence-electron chi connectivity index (χ2n) is 4.77. The van der Waals surface area contributed by atoms with Crippen molar-refractivity contribution < 1.29 is 0 Å². The highest BCUT2D eigenvalue weighted by molar-refractivity contribution is 5.25. The molecule has 0 spiro atoms. The molecule has 1 aliphatic carbocycles. The fourth-order valence-corrected chi connectivity index (χ4v) is 2.64. The maximum absolute atomic E-state index is 2.41. The highest BCUT2D eigenvalue weighted by Gasteiger charge is 2.33. The Labute approximate surface area is 81.0 Å². The van der Waals surface area contributed by atoms with E-state index < -0.39 is 0 Å². The molecule has 0 amide bonds. The fraction of sp³-hybridized carbons (Fsp3) is 0.538. The van der Waals surface area contributed by atoms with Gasteiger partial charge in [0, 0.05) is 0 Å². The van der Waals surface area contributed by atoms with Gasteiger partial charge in [-0.2, -0.15) is 0 Å². The van der Waals surface area contributed by atoms with E-state index in [1.807, 2.05) is 0 Å². The molecule has 0 nitrogen and oxygen atoms in total. The lowest BCUT2D eigenvalue weighted by Gasteiger charge is -2.24. The minimum absolute atomic E-state index is 0.459. The first kappa shape index (κ1) is 8.80. The number of rotatable bonds is 1. The number of hydrogen-bond donors (Lipinski definition) is 0. The highest BCUT2D eigenvalue weighted by atomic mass is 14.4. The quantitative estimate of drug-likeness (QED) is 0.608. The third-order valence-electron chi connectivity index (χ3n) is 3.46. The summed E-state index contributed by atoms with van der Waals surface area (Å²) in [6, 6.07) is 11.0. The van der Waals surface area contributed by atoms with Crippen LogP contribution in [-0.4, -0.2) is 0 Å². The van der Waals surface area contributed by atoms with Gasteiger partial charge in [-0.3, -0.25) is 0 Å². The molecule has 70 valence electrons. The molecule has 0 saturated heterocycles. The molecule has 0 radical (unpaired) electrons. The molecule has 1 fully saturated rings. The first-order valence-electron chi connectivity index (χ1n) is 5.26. The van der Waals surface area contributed by atoms with Gasteiger partial charge in [0.2, 0.25) is 0 Å². The van der Waals surface area contributed by atoms with Crippen LogP contribution >= 0.6 is 0 Å². The molecule has 1 aromatic rings. The van der Waals surface area contributed by atoms with Crippen LogP contribution < -0.4 is 0 Å². The van der Waals surface area contributed by atoms with Gasteiger partial charge in [-0.05, 0) is 36.2 Å². The van der Waals surface area contributed by atoms with Crippen LogP contribution in [0.2, 0.25) is 0 Å². The molecule has 13 heavy (non-hydrogen) atoms. The lowest BCUT2D eigenvalue weighted by atomic mass is 9.80. The number of hydrogen-bond acceptors (Lipinski definition) is 0. The van der Waals surface area contributed by atoms with E-state index in [0.717, 1.165) is 5.92 Å². The van der Waals surface area contributed by atoms with E-state index in [2.05, 4.69) is 44.2 Å². The van der Waals surface area contributed by atoms with Crippen molar-refractivity contribution in [3.05, 3.63) is 35.9 Å². The van der Waals surface area contributed by atoms with Crippen molar-refractivity contribution in [2.45, 2.75) is 38.5 Å². The zero-order valence-corrected chi connectivity index (χ0v) is 8.59. The van der Waals surface area contributed by atoms with Crippen molar-refractivity contribution >= 4 is 0 Å². The molecule has 0 heteroatoms. The van der Waals surface area contributed by atoms with Gasteiger partial charge in [-0.1, -0.05) is 44.2 Å². The molecule has 0 N–H and O–H groups in total. The largest absolute Gasteiger partial charge is 0.0625 e. The van der Waals surface area contributed by atoms with E-state index in [1.54, 1.807) is 0 Å². The van der Waals surface area contributed by atoms with Crippen LogP contribution in [0, 0.1) is 5.92 Å². The van der Waals surface area contributed by atoms with Crippen LogP contribution in [0.5, 0.6) is 0 Å². The van der Waals surface area contributed by atoms with E-state index in [9.17, 15) is 0 Å². The van der Waals surface area contributed by atoms with Gasteiger partial charge in [-0.25, -0.2) is 0 Å². The Hall–Kier alpha value is -0.780. The van der Waals surface area contributed by atoms with Crippen LogP contribution in [0.15, 0.2) is 30.3 Å². The van der Waals surface area contributed by atoms with Gasteiger partial charge < -0.3 is 0 Å². The van der Waals surface area contributed by atoms with Gasteiger partial charge in [0.15, 0.2) is 0 Å². The van der Waals surface area contributed by atoms with Gasteiger partial charge in [0.1, 0.15) is 0 Å². The molecule has 2 rings (SSSR count). The summed E-state index contributed by atoms with van der Waals surface area (Å²) in [7, 11) is 0. The second kappa shape index (κ2) is 3.17. The molecule has 1 aliphatic rings. The van der Waals surface area contributed by atoms with Crippen LogP contribution in [0.3, 0.4) is 0 Å². The van der Waals surface area contributed by atoms with Gasteiger partial charge >= 0.3 is 0 Å². The van der Waals surface area contributed by atoms with E-state index in [4.69, 9.17) is 0 Å². The van der Waals surface area contributed by atoms with Crippen molar-refractivity contribution in [2.75, 3.05) is 0 Å². The Morgan fingerprint density at radius 2 is 1.92 bits per heavy atom. The standard InChI is InChI=1S/C13H18/c1-11-8-9-13(2,10-11)12-6-4-3-5-7-12/h3-7,11H,8-10H2,1-2H3. The minimum Gasteiger partial charge on any atom is -0.0625 e. The summed E-state index contributed by atoms with van der Waals surface area (Å²) in [6.07, 6.45) is 4.11. The summed E-state index contributed by atoms with van der Waals surface area (Å²) in [5.74, 6) is 0.908. The third kappa shape index (κ3) is 1.63. The molecular weight excluding hydrogens is 156 g/mol. The highest BCUT2D eigenvalue weighted by Crippen LogP contribution is 2.43. The summed E-state index contributed by atoms with van der Waals surface area (Å²) < 4.78 is 0. The Kier molecular flexibility index (Phi) is 2.15. The Morgan fingerprint density at radius 1 is 1.23 bits per heavy atom. The third-order valence-corrected chi connectivity index (χ3v) is 3.46. The summed E-state index contributed by atoms with van der Waals surface area (Å²) in [4.78, 5) is 0. The van der Waals surface area contributed by atoms with E-state index in [0.29, 0.717) is 5.41 Å². The molecule has 2 unspecified atom stereocenters. The molecule has 1 saturated carbocycles. The van der Waals surface area contributed by atoms with Crippen molar-refractivity contribution in [1.82, 2.24) is 0 Å². The maximum Gasteiger partial charge on any atom is -0.00726 e. The zero-order chi connectivity index (χ0) is 9.31. The maximum atomic E-state index is 2.41. The second-order valence-corrected chi connectivity index (χ2v) is 4.77. The Bertz CT molecular complexity index is 275. The smallest absolute Gasteiger partial charge is 0.00726 e. The molecule has 0 aliphatic heterocycles. The normalized spacial score (nSPS) is 33.5. The van der Waals surface area contributed by atoms with Crippen LogP contribution in [0.4, 0.5) is 0 Å². The van der Waals surface area contributed by atoms with Crippen molar-refractivity contribution in [3.8, 4) is 0 Å². The van der Waals surface area contributed by atoms with Crippen LogP contribution in [0.1, 0.15) is 38.7 Å². The van der Waals surface area contributed by atoms with E-state index in [-0.39, 0.29) is 0 Å². The minimum atomic E-state index is 0.459. The molecule has 2 atom stereocenters. The fourth-order valence-electron chi connectivity index (χ4n) is 2.64. The monoisotopic (exact) mass is 174 g/mol. The lowest BCUT2D eigenvalue weighted by Crippen LogP contribution is -2.17. The average Bonchev–Trinajstić information content (AvgIpc) is 2.49. The van der Waals surface area contributed by atoms with Gasteiger partial charge in [0.25, 0.3) is 0 Å². The molecule has 0 heterocycles. The average molecular weight is 174 g/mol. The summed E-state index contributed by atoms with van der Waals surface area (Å²) in [5, 5.41) is 0. The SMILES string of the molecule is CC1CCC(C)(c2ccccc2)C1. The van der Waals surface area contributed by atoms with Crippen molar-refractivity contribution in [1.29, 1.82) is 0 Å². The van der Waals surface area contributed by atoms with Gasteiger partial charge in [0.05, 0.1) is 0 Å². The first-order chi connectivity index (χ1) is 6.21. The van der Waals surface area contributed by atoms with E-state index >= 15 is 0 Å². The zero-order valence-electron chi connectivity index (χ0n) is 8.59. The van der Waals surface area contributed by atoms with Crippen molar-refractivity contribution in [2.24, 2.45) is 5.92 Å². The van der Waals surface area contributed by atoms with Crippen LogP contribution in [-0.2, 0) is 5.41 Å². The topological polar surface area (TPSA) is 0 Å². The number of benzene rings is 1. The predicted octanol–water partition coefficient (Wildman–Crippen LogP) is 3.76. The molecule has 0 bridgehead atoms. The Morgan fingerprint density at radius 3 is 2.46 bits per heavy atom. The summed E-state index contributed by atoms with van der Waals surface area (Å²) >= 11 is 0. The summed E-state index contributed by atoms with van der Waals surface area (Å²) in [5.41, 5.74) is 1.99. The van der Waals surface area contributed by atoms with E-state index in [1.165, 1.54) is 24.8 Å². The van der Waals surface area contributed by atoms with Gasteiger partial charge in [-0.15, -0.1) is 0 Å². The van der Waals surface area contributed by atoms with Crippen molar-refractivity contribution in [3.63, 3.8) is 0 Å². The van der Waals surface area contributed by atoms with Crippen LogP contribution in [0.25, 0.3) is 0 Å². The lowest BCUT2D eigenvalue weighted by molar-refractivity contribution is 0.466. The molecule has 0 aromatic heterocycles.